The van der Waals surface area contributed by atoms with Gasteiger partial charge in [0.2, 0.25) is 5.91 Å². The number of nitrogens with one attached hydrogen (secondary N) is 1. The van der Waals surface area contributed by atoms with Crippen molar-refractivity contribution in [2.45, 2.75) is 65.0 Å². The number of hydrogen-bond acceptors (Lipinski definition) is 4. The number of carbonyl (C=O) groups is 1. The zero-order chi connectivity index (χ0) is 20.3. The van der Waals surface area contributed by atoms with Crippen LogP contribution in [0.1, 0.15) is 63.6 Å². The lowest BCUT2D eigenvalue weighted by molar-refractivity contribution is -0.126. The molecule has 1 aliphatic carbocycles. The van der Waals surface area contributed by atoms with Gasteiger partial charge in [0.05, 0.1) is 26.3 Å². The summed E-state index contributed by atoms with van der Waals surface area (Å²) in [6.45, 7) is 8.58. The predicted octanol–water partition coefficient (Wildman–Crippen LogP) is 3.95. The molecule has 5 nitrogen and oxygen atoms in total. The topological polar surface area (TPSA) is 50.8 Å². The molecule has 3 rings (SSSR count). The summed E-state index contributed by atoms with van der Waals surface area (Å²) in [4.78, 5) is 15.5. The van der Waals surface area contributed by atoms with E-state index in [4.69, 9.17) is 9.47 Å². The third-order valence-electron chi connectivity index (χ3n) is 6.53. The lowest BCUT2D eigenvalue weighted by Gasteiger charge is -2.43. The Labute approximate surface area is 169 Å². The Morgan fingerprint density at radius 3 is 2.39 bits per heavy atom. The maximum atomic E-state index is 13.0. The molecule has 2 aliphatic rings. The van der Waals surface area contributed by atoms with Crippen molar-refractivity contribution in [3.05, 3.63) is 23.3 Å². The maximum Gasteiger partial charge on any atom is 0.223 e. The smallest absolute Gasteiger partial charge is 0.223 e. The van der Waals surface area contributed by atoms with Gasteiger partial charge in [0.1, 0.15) is 0 Å². The molecular weight excluding hydrogens is 352 g/mol. The van der Waals surface area contributed by atoms with E-state index in [-0.39, 0.29) is 23.9 Å². The molecule has 1 saturated carbocycles. The summed E-state index contributed by atoms with van der Waals surface area (Å²) < 4.78 is 11.1. The van der Waals surface area contributed by atoms with Crippen LogP contribution in [0.3, 0.4) is 0 Å². The predicted molar refractivity (Wildman–Crippen MR) is 112 cm³/mol. The van der Waals surface area contributed by atoms with Crippen molar-refractivity contribution in [1.29, 1.82) is 0 Å². The van der Waals surface area contributed by atoms with Crippen LogP contribution in [0.5, 0.6) is 11.5 Å². The molecule has 0 bridgehead atoms. The molecule has 2 atom stereocenters. The molecule has 1 heterocycles. The van der Waals surface area contributed by atoms with Gasteiger partial charge >= 0.3 is 0 Å². The molecule has 0 unspecified atom stereocenters. The van der Waals surface area contributed by atoms with Crippen molar-refractivity contribution in [2.24, 2.45) is 11.8 Å². The van der Waals surface area contributed by atoms with Crippen LogP contribution >= 0.6 is 0 Å². The summed E-state index contributed by atoms with van der Waals surface area (Å²) in [5, 5.41) is 3.45. The van der Waals surface area contributed by atoms with Gasteiger partial charge in [-0.1, -0.05) is 33.6 Å². The van der Waals surface area contributed by atoms with E-state index in [9.17, 15) is 4.79 Å². The first-order valence-electron chi connectivity index (χ1n) is 10.8. The van der Waals surface area contributed by atoms with Gasteiger partial charge in [-0.15, -0.1) is 0 Å². The van der Waals surface area contributed by atoms with Gasteiger partial charge in [0, 0.05) is 12.5 Å². The van der Waals surface area contributed by atoms with Crippen molar-refractivity contribution < 1.29 is 14.3 Å². The SMILES string of the molecule is CCN1CCc2cc(OC)c(OC)cc2[C@H]1[C@H](NC(=O)C1CCCC1)C(C)C. The van der Waals surface area contributed by atoms with Crippen molar-refractivity contribution in [3.8, 4) is 11.5 Å². The molecule has 1 amide bonds. The molecule has 0 aromatic heterocycles. The van der Waals surface area contributed by atoms with E-state index in [0.29, 0.717) is 5.92 Å². The molecule has 28 heavy (non-hydrogen) atoms. The largest absolute Gasteiger partial charge is 0.493 e. The minimum atomic E-state index is 0.0743. The zero-order valence-electron chi connectivity index (χ0n) is 18.1. The average molecular weight is 389 g/mol. The number of likely N-dealkylation sites (N-methyl/N-ethyl adjacent to an activating group) is 1. The van der Waals surface area contributed by atoms with Gasteiger partial charge in [-0.3, -0.25) is 9.69 Å². The summed E-state index contributed by atoms with van der Waals surface area (Å²) >= 11 is 0. The Morgan fingerprint density at radius 1 is 1.18 bits per heavy atom. The number of methoxy groups -OCH3 is 2. The Bertz CT molecular complexity index is 683. The van der Waals surface area contributed by atoms with Crippen molar-refractivity contribution in [2.75, 3.05) is 27.3 Å². The highest BCUT2D eigenvalue weighted by Crippen LogP contribution is 2.41. The summed E-state index contributed by atoms with van der Waals surface area (Å²) in [5.41, 5.74) is 2.56. The standard InChI is InChI=1S/C23H36N2O3/c1-6-25-12-11-17-13-19(27-4)20(28-5)14-18(17)22(25)21(15(2)3)24-23(26)16-9-7-8-10-16/h13-16,21-22H,6-12H2,1-5H3,(H,24,26)/t21-,22+/m1/s1. The van der Waals surface area contributed by atoms with Crippen molar-refractivity contribution in [1.82, 2.24) is 10.2 Å². The first kappa shape index (κ1) is 21.0. The number of rotatable bonds is 7. The highest BCUT2D eigenvalue weighted by molar-refractivity contribution is 5.79. The summed E-state index contributed by atoms with van der Waals surface area (Å²) in [6, 6.07) is 4.46. The minimum absolute atomic E-state index is 0.0743. The van der Waals surface area contributed by atoms with Crippen LogP contribution < -0.4 is 14.8 Å². The fourth-order valence-electron chi connectivity index (χ4n) is 4.88. The highest BCUT2D eigenvalue weighted by Gasteiger charge is 2.37. The second kappa shape index (κ2) is 9.17. The molecule has 5 heteroatoms. The fraction of sp³-hybridized carbons (Fsp3) is 0.696. The zero-order valence-corrected chi connectivity index (χ0v) is 18.1. The van der Waals surface area contributed by atoms with Crippen LogP contribution in [0.15, 0.2) is 12.1 Å². The van der Waals surface area contributed by atoms with Crippen LogP contribution in [0.25, 0.3) is 0 Å². The van der Waals surface area contributed by atoms with Crippen LogP contribution in [-0.4, -0.2) is 44.2 Å². The van der Waals surface area contributed by atoms with Gasteiger partial charge in [0.25, 0.3) is 0 Å². The lowest BCUT2D eigenvalue weighted by atomic mass is 9.83. The molecule has 1 aromatic carbocycles. The van der Waals surface area contributed by atoms with Crippen LogP contribution in [0.2, 0.25) is 0 Å². The van der Waals surface area contributed by atoms with E-state index in [0.717, 1.165) is 43.9 Å². The van der Waals surface area contributed by atoms with Gasteiger partial charge < -0.3 is 14.8 Å². The van der Waals surface area contributed by atoms with E-state index in [1.54, 1.807) is 14.2 Å². The normalized spacial score (nSPS) is 21.4. The van der Waals surface area contributed by atoms with Gasteiger partial charge in [-0.25, -0.2) is 0 Å². The van der Waals surface area contributed by atoms with Gasteiger partial charge in [-0.05, 0) is 55.0 Å². The van der Waals surface area contributed by atoms with E-state index >= 15 is 0 Å². The number of carbonyl (C=O) groups excluding carboxylic acids is 1. The molecule has 0 radical (unpaired) electrons. The second-order valence-electron chi connectivity index (χ2n) is 8.49. The number of hydrogen-bond donors (Lipinski definition) is 1. The third kappa shape index (κ3) is 4.14. The first-order valence-corrected chi connectivity index (χ1v) is 10.8. The first-order chi connectivity index (χ1) is 13.5. The number of ether oxygens (including phenoxy) is 2. The number of amides is 1. The Hall–Kier alpha value is -1.75. The van der Waals surface area contributed by atoms with E-state index in [1.165, 1.54) is 24.0 Å². The molecule has 0 spiro atoms. The minimum Gasteiger partial charge on any atom is -0.493 e. The maximum absolute atomic E-state index is 13.0. The van der Waals surface area contributed by atoms with Crippen LogP contribution in [0.4, 0.5) is 0 Å². The summed E-state index contributed by atoms with van der Waals surface area (Å²) in [6.07, 6.45) is 5.39. The summed E-state index contributed by atoms with van der Waals surface area (Å²) in [7, 11) is 3.36. The van der Waals surface area contributed by atoms with Crippen LogP contribution in [0, 0.1) is 11.8 Å². The second-order valence-corrected chi connectivity index (χ2v) is 8.49. The Kier molecular flexibility index (Phi) is 6.86. The Morgan fingerprint density at radius 2 is 1.82 bits per heavy atom. The van der Waals surface area contributed by atoms with E-state index in [2.05, 4.69) is 43.1 Å². The molecule has 1 aliphatic heterocycles. The van der Waals surface area contributed by atoms with Gasteiger partial charge in [0.15, 0.2) is 11.5 Å². The molecule has 0 saturated heterocycles. The molecular formula is C23H36N2O3. The molecule has 1 aromatic rings. The van der Waals surface area contributed by atoms with Crippen molar-refractivity contribution >= 4 is 5.91 Å². The monoisotopic (exact) mass is 388 g/mol. The lowest BCUT2D eigenvalue weighted by Crippen LogP contribution is -2.52. The van der Waals surface area contributed by atoms with Crippen LogP contribution in [-0.2, 0) is 11.2 Å². The molecule has 1 fully saturated rings. The van der Waals surface area contributed by atoms with Crippen molar-refractivity contribution in [3.63, 3.8) is 0 Å². The quantitative estimate of drug-likeness (QED) is 0.768. The highest BCUT2D eigenvalue weighted by atomic mass is 16.5. The average Bonchev–Trinajstić information content (AvgIpc) is 3.24. The fourth-order valence-corrected chi connectivity index (χ4v) is 4.88. The summed E-state index contributed by atoms with van der Waals surface area (Å²) in [5.74, 6) is 2.29. The number of nitrogens with zero attached hydrogens (tertiary/aromatic N) is 1. The molecule has 1 N–H and O–H groups in total. The Balaban J connectivity index is 1.97. The number of benzene rings is 1. The van der Waals surface area contributed by atoms with E-state index < -0.39 is 0 Å². The van der Waals surface area contributed by atoms with E-state index in [1.807, 2.05) is 0 Å². The number of fused-ring (bicyclic) bond motifs is 1. The van der Waals surface area contributed by atoms with Gasteiger partial charge in [-0.2, -0.15) is 0 Å². The third-order valence-corrected chi connectivity index (χ3v) is 6.53. The molecule has 156 valence electrons.